The van der Waals surface area contributed by atoms with Gasteiger partial charge in [-0.05, 0) is 74.1 Å². The first kappa shape index (κ1) is 24.0. The number of anilines is 2. The normalized spacial score (nSPS) is 11.2. The van der Waals surface area contributed by atoms with Gasteiger partial charge in [0.15, 0.2) is 10.9 Å². The maximum absolute atomic E-state index is 12.4. The fourth-order valence-corrected chi connectivity index (χ4v) is 3.86. The summed E-state index contributed by atoms with van der Waals surface area (Å²) in [7, 11) is -3.82. The van der Waals surface area contributed by atoms with E-state index in [1.54, 1.807) is 13.0 Å². The number of aryl methyl sites for hydroxylation is 1. The lowest BCUT2D eigenvalue weighted by molar-refractivity contribution is -0.115. The Hall–Kier alpha value is -3.70. The molecule has 0 atom stereocenters. The van der Waals surface area contributed by atoms with E-state index in [1.165, 1.54) is 36.4 Å². The second-order valence-corrected chi connectivity index (χ2v) is 8.82. The van der Waals surface area contributed by atoms with Crippen molar-refractivity contribution in [3.63, 3.8) is 0 Å². The summed E-state index contributed by atoms with van der Waals surface area (Å²) in [6.07, 6.45) is 3.01. The van der Waals surface area contributed by atoms with Crippen molar-refractivity contribution < 1.29 is 22.5 Å². The van der Waals surface area contributed by atoms with Crippen LogP contribution in [-0.2, 0) is 14.8 Å². The number of hydrogen-bond donors (Lipinski definition) is 3. The minimum absolute atomic E-state index is 0.0296. The fraction of sp³-hybridized carbons (Fsp3) is 0.136. The van der Waals surface area contributed by atoms with E-state index in [2.05, 4.69) is 20.5 Å². The third kappa shape index (κ3) is 7.16. The van der Waals surface area contributed by atoms with Gasteiger partial charge >= 0.3 is 0 Å². The molecule has 9 nitrogen and oxygen atoms in total. The lowest BCUT2D eigenvalue weighted by atomic mass is 10.2. The van der Waals surface area contributed by atoms with Crippen LogP contribution < -0.4 is 20.1 Å². The predicted octanol–water partition coefficient (Wildman–Crippen LogP) is 3.71. The molecule has 0 saturated carbocycles. The number of carbonyl (C=O) groups is 1. The molecule has 1 aromatic heterocycles. The van der Waals surface area contributed by atoms with Crippen molar-refractivity contribution in [2.75, 3.05) is 16.6 Å². The van der Waals surface area contributed by atoms with Gasteiger partial charge < -0.3 is 14.6 Å². The molecule has 2 aromatic carbocycles. The van der Waals surface area contributed by atoms with Crippen LogP contribution in [0.4, 0.5) is 11.5 Å². The second kappa shape index (κ2) is 10.7. The lowest BCUT2D eigenvalue weighted by Gasteiger charge is -2.09. The first-order valence-corrected chi connectivity index (χ1v) is 11.7. The molecule has 0 unspecified atom stereocenters. The standard InChI is InChI=1S/C22H22N4O5S2/c1-3-30-18-9-4-16(5-10-18)6-13-21(27)24-22(32)23-17-7-11-19(12-8-17)33(28,29)26-20-14-15(2)31-25-20/h4-14H,3H2,1-2H3,(H,25,26)(H2,23,24,27,32)/b13-6+. The smallest absolute Gasteiger partial charge is 0.263 e. The predicted molar refractivity (Wildman–Crippen MR) is 129 cm³/mol. The first-order valence-electron chi connectivity index (χ1n) is 9.84. The molecule has 0 aliphatic rings. The molecule has 0 aliphatic carbocycles. The third-order valence-corrected chi connectivity index (χ3v) is 5.72. The van der Waals surface area contributed by atoms with E-state index in [0.717, 1.165) is 11.3 Å². The molecule has 172 valence electrons. The van der Waals surface area contributed by atoms with Gasteiger partial charge in [0, 0.05) is 17.8 Å². The van der Waals surface area contributed by atoms with Crippen molar-refractivity contribution in [3.05, 3.63) is 72.0 Å². The van der Waals surface area contributed by atoms with Crippen molar-refractivity contribution in [2.45, 2.75) is 18.7 Å². The Morgan fingerprint density at radius 2 is 1.85 bits per heavy atom. The van der Waals surface area contributed by atoms with E-state index in [4.69, 9.17) is 21.5 Å². The van der Waals surface area contributed by atoms with E-state index in [-0.39, 0.29) is 15.8 Å². The van der Waals surface area contributed by atoms with Gasteiger partial charge in [-0.15, -0.1) is 0 Å². The van der Waals surface area contributed by atoms with Crippen molar-refractivity contribution in [3.8, 4) is 5.75 Å². The summed E-state index contributed by atoms with van der Waals surface area (Å²) in [5.41, 5.74) is 1.34. The van der Waals surface area contributed by atoms with Crippen molar-refractivity contribution in [1.82, 2.24) is 10.5 Å². The van der Waals surface area contributed by atoms with Crippen molar-refractivity contribution in [2.24, 2.45) is 0 Å². The van der Waals surface area contributed by atoms with E-state index in [9.17, 15) is 13.2 Å². The maximum Gasteiger partial charge on any atom is 0.263 e. The summed E-state index contributed by atoms with van der Waals surface area (Å²) >= 11 is 5.14. The van der Waals surface area contributed by atoms with Gasteiger partial charge in [-0.2, -0.15) is 0 Å². The molecular formula is C22H22N4O5S2. The zero-order valence-electron chi connectivity index (χ0n) is 17.9. The number of benzene rings is 2. The average Bonchev–Trinajstić information content (AvgIpc) is 3.17. The Balaban J connectivity index is 1.53. The summed E-state index contributed by atoms with van der Waals surface area (Å²) in [6, 6.07) is 14.6. The summed E-state index contributed by atoms with van der Waals surface area (Å²) in [5.74, 6) is 0.925. The highest BCUT2D eigenvalue weighted by molar-refractivity contribution is 7.92. The number of carbonyl (C=O) groups excluding carboxylic acids is 1. The number of amides is 1. The molecule has 0 aliphatic heterocycles. The number of thiocarbonyl (C=S) groups is 1. The number of aromatic nitrogens is 1. The summed E-state index contributed by atoms with van der Waals surface area (Å²) < 4.78 is 37.4. The SMILES string of the molecule is CCOc1ccc(/C=C/C(=O)NC(=S)Nc2ccc(S(=O)(=O)Nc3cc(C)on3)cc2)cc1. The minimum Gasteiger partial charge on any atom is -0.494 e. The Morgan fingerprint density at radius 1 is 1.15 bits per heavy atom. The molecule has 3 rings (SSSR count). The fourth-order valence-electron chi connectivity index (χ4n) is 2.66. The number of rotatable bonds is 8. The molecule has 0 radical (unpaired) electrons. The highest BCUT2D eigenvalue weighted by Gasteiger charge is 2.16. The number of nitrogens with zero attached hydrogens (tertiary/aromatic N) is 1. The van der Waals surface area contributed by atoms with Crippen molar-refractivity contribution >= 4 is 50.8 Å². The van der Waals surface area contributed by atoms with Gasteiger partial charge in [-0.25, -0.2) is 8.42 Å². The van der Waals surface area contributed by atoms with Gasteiger partial charge in [-0.1, -0.05) is 17.3 Å². The monoisotopic (exact) mass is 486 g/mol. The maximum atomic E-state index is 12.4. The lowest BCUT2D eigenvalue weighted by Crippen LogP contribution is -2.32. The van der Waals surface area contributed by atoms with Gasteiger partial charge in [0.25, 0.3) is 10.0 Å². The topological polar surface area (TPSA) is 123 Å². The minimum atomic E-state index is -3.82. The number of sulfonamides is 1. The Kier molecular flexibility index (Phi) is 7.80. The largest absolute Gasteiger partial charge is 0.494 e. The van der Waals surface area contributed by atoms with Crippen LogP contribution in [0.3, 0.4) is 0 Å². The number of hydrogen-bond acceptors (Lipinski definition) is 7. The molecule has 1 amide bonds. The van der Waals surface area contributed by atoms with Crippen LogP contribution in [0.5, 0.6) is 5.75 Å². The van der Waals surface area contributed by atoms with Crippen LogP contribution >= 0.6 is 12.2 Å². The van der Waals surface area contributed by atoms with Crippen LogP contribution in [-0.4, -0.2) is 31.2 Å². The Bertz CT molecular complexity index is 1250. The van der Waals surface area contributed by atoms with Crippen LogP contribution in [0.2, 0.25) is 0 Å². The average molecular weight is 487 g/mol. The third-order valence-electron chi connectivity index (χ3n) is 4.14. The zero-order chi connectivity index (χ0) is 23.8. The van der Waals surface area contributed by atoms with Crippen molar-refractivity contribution in [1.29, 1.82) is 0 Å². The van der Waals surface area contributed by atoms with E-state index >= 15 is 0 Å². The van der Waals surface area contributed by atoms with E-state index in [0.29, 0.717) is 18.1 Å². The molecule has 11 heteroatoms. The van der Waals surface area contributed by atoms with Gasteiger partial charge in [0.2, 0.25) is 5.91 Å². The zero-order valence-corrected chi connectivity index (χ0v) is 19.5. The van der Waals surface area contributed by atoms with Crippen LogP contribution in [0, 0.1) is 6.92 Å². The van der Waals surface area contributed by atoms with Crippen LogP contribution in [0.15, 0.2) is 70.1 Å². The molecule has 0 bridgehead atoms. The molecule has 0 fully saturated rings. The molecule has 0 saturated heterocycles. The van der Waals surface area contributed by atoms with E-state index in [1.807, 2.05) is 31.2 Å². The Morgan fingerprint density at radius 3 is 2.45 bits per heavy atom. The molecule has 0 spiro atoms. The van der Waals surface area contributed by atoms with Crippen LogP contribution in [0.25, 0.3) is 6.08 Å². The Labute approximate surface area is 196 Å². The highest BCUT2D eigenvalue weighted by atomic mass is 32.2. The molecule has 1 heterocycles. The van der Waals surface area contributed by atoms with E-state index < -0.39 is 15.9 Å². The summed E-state index contributed by atoms with van der Waals surface area (Å²) in [5, 5.41) is 9.04. The molecule has 3 N–H and O–H groups in total. The molecular weight excluding hydrogens is 464 g/mol. The quantitative estimate of drug-likeness (QED) is 0.325. The van der Waals surface area contributed by atoms with Crippen LogP contribution in [0.1, 0.15) is 18.2 Å². The second-order valence-electron chi connectivity index (χ2n) is 6.73. The van der Waals surface area contributed by atoms with Gasteiger partial charge in [0.05, 0.1) is 11.5 Å². The van der Waals surface area contributed by atoms with Gasteiger partial charge in [-0.3, -0.25) is 14.8 Å². The summed E-state index contributed by atoms with van der Waals surface area (Å²) in [6.45, 7) is 4.15. The summed E-state index contributed by atoms with van der Waals surface area (Å²) in [4.78, 5) is 12.1. The number of nitrogens with one attached hydrogen (secondary N) is 3. The molecule has 33 heavy (non-hydrogen) atoms. The van der Waals surface area contributed by atoms with Gasteiger partial charge in [0.1, 0.15) is 11.5 Å². The number of ether oxygens (including phenoxy) is 1. The first-order chi connectivity index (χ1) is 15.7. The highest BCUT2D eigenvalue weighted by Crippen LogP contribution is 2.18. The molecule has 3 aromatic rings.